The van der Waals surface area contributed by atoms with Gasteiger partial charge in [0.25, 0.3) is 10.0 Å². The molecular formula is C29H35N3O3S. The number of carbonyl (C=O) groups is 1. The van der Waals surface area contributed by atoms with Crippen LogP contribution in [-0.2, 0) is 27.9 Å². The number of piperidine rings is 1. The smallest absolute Gasteiger partial charge is 0.264 e. The first-order valence-electron chi connectivity index (χ1n) is 12.5. The highest BCUT2D eigenvalue weighted by atomic mass is 32.2. The summed E-state index contributed by atoms with van der Waals surface area (Å²) in [7, 11) is -3.92. The number of benzene rings is 3. The first-order chi connectivity index (χ1) is 17.3. The molecule has 4 rings (SSSR count). The van der Waals surface area contributed by atoms with Crippen LogP contribution in [0.25, 0.3) is 0 Å². The lowest BCUT2D eigenvalue weighted by Gasteiger charge is -2.26. The number of carbonyl (C=O) groups excluding carboxylic acids is 1. The summed E-state index contributed by atoms with van der Waals surface area (Å²) < 4.78 is 28.3. The molecule has 6 nitrogen and oxygen atoms in total. The third-order valence-electron chi connectivity index (χ3n) is 6.62. The van der Waals surface area contributed by atoms with E-state index in [-0.39, 0.29) is 17.3 Å². The Morgan fingerprint density at radius 1 is 0.889 bits per heavy atom. The molecule has 3 aromatic rings. The van der Waals surface area contributed by atoms with Crippen LogP contribution in [-0.4, -0.2) is 38.9 Å². The van der Waals surface area contributed by atoms with Gasteiger partial charge in [0, 0.05) is 13.1 Å². The summed E-state index contributed by atoms with van der Waals surface area (Å²) in [4.78, 5) is 15.6. The molecule has 1 aliphatic heterocycles. The number of hydrogen-bond donors (Lipinski definition) is 1. The Morgan fingerprint density at radius 2 is 1.56 bits per heavy atom. The maximum atomic E-state index is 13.5. The zero-order chi connectivity index (χ0) is 25.5. The Labute approximate surface area is 215 Å². The number of anilines is 1. The van der Waals surface area contributed by atoms with Gasteiger partial charge in [0.1, 0.15) is 6.54 Å². The van der Waals surface area contributed by atoms with E-state index in [1.807, 2.05) is 44.2 Å². The van der Waals surface area contributed by atoms with Crippen LogP contribution >= 0.6 is 0 Å². The molecule has 0 aromatic heterocycles. The molecule has 0 atom stereocenters. The summed E-state index contributed by atoms with van der Waals surface area (Å²) in [6, 6.07) is 22.1. The van der Waals surface area contributed by atoms with Crippen molar-refractivity contribution in [3.63, 3.8) is 0 Å². The van der Waals surface area contributed by atoms with Gasteiger partial charge in [-0.1, -0.05) is 61.0 Å². The van der Waals surface area contributed by atoms with Crippen LogP contribution in [0, 0.1) is 13.8 Å². The molecule has 0 spiro atoms. The van der Waals surface area contributed by atoms with E-state index in [2.05, 4.69) is 22.3 Å². The van der Waals surface area contributed by atoms with E-state index in [0.717, 1.165) is 36.3 Å². The van der Waals surface area contributed by atoms with Crippen molar-refractivity contribution in [1.82, 2.24) is 10.2 Å². The molecule has 1 aliphatic rings. The SMILES string of the molecule is Cc1ccc(C)c(N(CC(=O)NCc2ccc(CN3CCCCC3)cc2)S(=O)(=O)c2ccccc2)c1. The average molecular weight is 506 g/mol. The summed E-state index contributed by atoms with van der Waals surface area (Å²) in [5.41, 5.74) is 4.47. The van der Waals surface area contributed by atoms with E-state index in [9.17, 15) is 13.2 Å². The molecule has 0 saturated carbocycles. The lowest BCUT2D eigenvalue weighted by molar-refractivity contribution is -0.119. The number of sulfonamides is 1. The normalized spacial score (nSPS) is 14.4. The predicted octanol–water partition coefficient (Wildman–Crippen LogP) is 4.80. The fraction of sp³-hybridized carbons (Fsp3) is 0.345. The third-order valence-corrected chi connectivity index (χ3v) is 8.39. The van der Waals surface area contributed by atoms with Crippen molar-refractivity contribution >= 4 is 21.6 Å². The molecule has 1 saturated heterocycles. The number of nitrogens with one attached hydrogen (secondary N) is 1. The fourth-order valence-electron chi connectivity index (χ4n) is 4.53. The van der Waals surface area contributed by atoms with Crippen LogP contribution in [0.4, 0.5) is 5.69 Å². The van der Waals surface area contributed by atoms with E-state index < -0.39 is 10.0 Å². The second-order valence-corrected chi connectivity index (χ2v) is 11.4. The summed E-state index contributed by atoms with van der Waals surface area (Å²) in [5.74, 6) is -0.354. The minimum absolute atomic E-state index is 0.156. The Morgan fingerprint density at radius 3 is 2.25 bits per heavy atom. The van der Waals surface area contributed by atoms with Crippen LogP contribution in [0.3, 0.4) is 0 Å². The van der Waals surface area contributed by atoms with Crippen molar-refractivity contribution in [1.29, 1.82) is 0 Å². The number of hydrogen-bond acceptors (Lipinski definition) is 4. The Bertz CT molecular complexity index is 1270. The largest absolute Gasteiger partial charge is 0.350 e. The average Bonchev–Trinajstić information content (AvgIpc) is 2.89. The topological polar surface area (TPSA) is 69.7 Å². The van der Waals surface area contributed by atoms with Gasteiger partial charge in [-0.05, 0) is 80.2 Å². The molecular weight excluding hydrogens is 470 g/mol. The predicted molar refractivity (Wildman–Crippen MR) is 144 cm³/mol. The molecule has 36 heavy (non-hydrogen) atoms. The molecule has 0 bridgehead atoms. The van der Waals surface area contributed by atoms with Crippen LogP contribution in [0.1, 0.15) is 41.5 Å². The standard InChI is InChI=1S/C29H35N3O3S/c1-23-11-12-24(2)28(19-23)32(36(34,35)27-9-5-3-6-10-27)22-29(33)30-20-25-13-15-26(16-14-25)21-31-17-7-4-8-18-31/h3,5-6,9-16,19H,4,7-8,17-18,20-22H2,1-2H3,(H,30,33). The van der Waals surface area contributed by atoms with E-state index >= 15 is 0 Å². The third kappa shape index (κ3) is 6.53. The van der Waals surface area contributed by atoms with Crippen LogP contribution in [0.15, 0.2) is 77.7 Å². The Kier molecular flexibility index (Phi) is 8.44. The van der Waals surface area contributed by atoms with E-state index in [4.69, 9.17) is 0 Å². The molecule has 190 valence electrons. The quantitative estimate of drug-likeness (QED) is 0.454. The van der Waals surface area contributed by atoms with Gasteiger partial charge in [-0.3, -0.25) is 14.0 Å². The molecule has 1 amide bonds. The summed E-state index contributed by atoms with van der Waals surface area (Å²) in [5, 5.41) is 2.90. The first kappa shape index (κ1) is 25.9. The van der Waals surface area contributed by atoms with Crippen molar-refractivity contribution in [3.05, 3.63) is 95.1 Å². The zero-order valence-corrected chi connectivity index (χ0v) is 21.9. The fourth-order valence-corrected chi connectivity index (χ4v) is 6.03. The first-order valence-corrected chi connectivity index (χ1v) is 14.0. The molecule has 1 N–H and O–H groups in total. The highest BCUT2D eigenvalue weighted by Crippen LogP contribution is 2.27. The Hall–Kier alpha value is -3.16. The van der Waals surface area contributed by atoms with Crippen LogP contribution in [0.2, 0.25) is 0 Å². The number of nitrogens with zero attached hydrogens (tertiary/aromatic N) is 2. The maximum Gasteiger partial charge on any atom is 0.264 e. The molecule has 3 aromatic carbocycles. The van der Waals surface area contributed by atoms with E-state index in [0.29, 0.717) is 12.2 Å². The molecule has 0 radical (unpaired) electrons. The summed E-state index contributed by atoms with van der Waals surface area (Å²) in [6.45, 7) is 7.07. The summed E-state index contributed by atoms with van der Waals surface area (Å²) in [6.07, 6.45) is 3.86. The van der Waals surface area contributed by atoms with Crippen LogP contribution < -0.4 is 9.62 Å². The lowest BCUT2D eigenvalue weighted by atomic mass is 10.1. The zero-order valence-electron chi connectivity index (χ0n) is 21.1. The number of aryl methyl sites for hydroxylation is 2. The molecule has 7 heteroatoms. The van der Waals surface area contributed by atoms with E-state index in [1.165, 1.54) is 29.1 Å². The highest BCUT2D eigenvalue weighted by Gasteiger charge is 2.28. The van der Waals surface area contributed by atoms with Crippen LogP contribution in [0.5, 0.6) is 0 Å². The van der Waals surface area contributed by atoms with Crippen molar-refractivity contribution in [2.24, 2.45) is 0 Å². The van der Waals surface area contributed by atoms with Gasteiger partial charge in [-0.2, -0.15) is 0 Å². The number of amides is 1. The van der Waals surface area contributed by atoms with Gasteiger partial charge in [0.05, 0.1) is 10.6 Å². The molecule has 1 heterocycles. The molecule has 0 unspecified atom stereocenters. The van der Waals surface area contributed by atoms with Gasteiger partial charge >= 0.3 is 0 Å². The monoisotopic (exact) mass is 505 g/mol. The second-order valence-electron chi connectivity index (χ2n) is 9.54. The minimum atomic E-state index is -3.92. The van der Waals surface area contributed by atoms with Gasteiger partial charge < -0.3 is 5.32 Å². The lowest BCUT2D eigenvalue weighted by Crippen LogP contribution is -2.41. The van der Waals surface area contributed by atoms with Crippen molar-refractivity contribution in [2.75, 3.05) is 23.9 Å². The summed E-state index contributed by atoms with van der Waals surface area (Å²) >= 11 is 0. The molecule has 0 aliphatic carbocycles. The van der Waals surface area contributed by atoms with Crippen molar-refractivity contribution in [3.8, 4) is 0 Å². The molecule has 1 fully saturated rings. The number of likely N-dealkylation sites (tertiary alicyclic amines) is 1. The van der Waals surface area contributed by atoms with Gasteiger partial charge in [-0.15, -0.1) is 0 Å². The van der Waals surface area contributed by atoms with E-state index in [1.54, 1.807) is 30.3 Å². The van der Waals surface area contributed by atoms with Gasteiger partial charge in [0.15, 0.2) is 0 Å². The van der Waals surface area contributed by atoms with Crippen molar-refractivity contribution < 1.29 is 13.2 Å². The Balaban J connectivity index is 1.45. The van der Waals surface area contributed by atoms with Crippen molar-refractivity contribution in [2.45, 2.75) is 51.1 Å². The minimum Gasteiger partial charge on any atom is -0.350 e. The maximum absolute atomic E-state index is 13.5. The highest BCUT2D eigenvalue weighted by molar-refractivity contribution is 7.92. The number of rotatable bonds is 9. The van der Waals surface area contributed by atoms with Gasteiger partial charge in [0.2, 0.25) is 5.91 Å². The van der Waals surface area contributed by atoms with Gasteiger partial charge in [-0.25, -0.2) is 8.42 Å². The second kappa shape index (κ2) is 11.7.